The molecule has 116 valence electrons. The Bertz CT molecular complexity index is 651. The third kappa shape index (κ3) is 3.22. The van der Waals surface area contributed by atoms with Crippen molar-refractivity contribution in [2.24, 2.45) is 5.92 Å². The summed E-state index contributed by atoms with van der Waals surface area (Å²) in [5, 5.41) is 5.35. The second kappa shape index (κ2) is 6.79. The monoisotopic (exact) mass is 298 g/mol. The molecule has 1 amide bonds. The van der Waals surface area contributed by atoms with E-state index in [-0.39, 0.29) is 12.5 Å². The molecule has 1 aliphatic rings. The van der Waals surface area contributed by atoms with Crippen LogP contribution >= 0.6 is 0 Å². The summed E-state index contributed by atoms with van der Waals surface area (Å²) in [6.07, 6.45) is 1.07. The number of nitrogens with zero attached hydrogens (tertiary/aromatic N) is 1. The molecule has 2 aromatic rings. The summed E-state index contributed by atoms with van der Waals surface area (Å²) in [5.41, 5.74) is 0. The Morgan fingerprint density at radius 3 is 2.95 bits per heavy atom. The molecule has 1 fully saturated rings. The predicted molar refractivity (Wildman–Crippen MR) is 88.1 cm³/mol. The number of amides is 1. The Morgan fingerprint density at radius 2 is 2.09 bits per heavy atom. The smallest absolute Gasteiger partial charge is 0.260 e. The molecular formula is C18H22N2O2. The maximum Gasteiger partial charge on any atom is 0.260 e. The Morgan fingerprint density at radius 1 is 1.27 bits per heavy atom. The Labute approximate surface area is 131 Å². The lowest BCUT2D eigenvalue weighted by Crippen LogP contribution is -2.34. The first-order chi connectivity index (χ1) is 10.8. The summed E-state index contributed by atoms with van der Waals surface area (Å²) in [6.45, 7) is 2.75. The van der Waals surface area contributed by atoms with Crippen LogP contribution in [0.4, 0.5) is 0 Å². The number of carbonyl (C=O) groups excluding carboxylic acids is 1. The van der Waals surface area contributed by atoms with Gasteiger partial charge in [0.2, 0.25) is 0 Å². The quantitative estimate of drug-likeness (QED) is 0.921. The van der Waals surface area contributed by atoms with Gasteiger partial charge < -0.3 is 15.0 Å². The van der Waals surface area contributed by atoms with Crippen molar-refractivity contribution in [2.75, 3.05) is 33.3 Å². The van der Waals surface area contributed by atoms with Crippen LogP contribution in [0, 0.1) is 5.92 Å². The van der Waals surface area contributed by atoms with Crippen molar-refractivity contribution in [3.8, 4) is 5.75 Å². The second-order valence-electron chi connectivity index (χ2n) is 5.82. The Balaban J connectivity index is 1.61. The van der Waals surface area contributed by atoms with Gasteiger partial charge >= 0.3 is 0 Å². The fourth-order valence-corrected chi connectivity index (χ4v) is 3.07. The number of likely N-dealkylation sites (tertiary alicyclic amines) is 1. The minimum atomic E-state index is 0.0755. The van der Waals surface area contributed by atoms with Crippen LogP contribution in [-0.4, -0.2) is 44.1 Å². The summed E-state index contributed by atoms with van der Waals surface area (Å²) in [6, 6.07) is 14.0. The van der Waals surface area contributed by atoms with Crippen molar-refractivity contribution in [3.05, 3.63) is 42.5 Å². The van der Waals surface area contributed by atoms with Crippen LogP contribution in [0.3, 0.4) is 0 Å². The molecule has 2 aromatic carbocycles. The Kier molecular flexibility index (Phi) is 4.59. The maximum absolute atomic E-state index is 12.3. The molecule has 1 N–H and O–H groups in total. The molecule has 1 aliphatic heterocycles. The van der Waals surface area contributed by atoms with E-state index in [0.29, 0.717) is 5.92 Å². The SMILES string of the molecule is CNCC1CCN(C(=O)COc2cccc3ccccc23)C1. The lowest BCUT2D eigenvalue weighted by molar-refractivity contribution is -0.132. The number of hydrogen-bond acceptors (Lipinski definition) is 3. The van der Waals surface area contributed by atoms with Crippen molar-refractivity contribution < 1.29 is 9.53 Å². The van der Waals surface area contributed by atoms with E-state index in [1.807, 2.05) is 54.4 Å². The van der Waals surface area contributed by atoms with Gasteiger partial charge in [-0.3, -0.25) is 4.79 Å². The van der Waals surface area contributed by atoms with Gasteiger partial charge in [0, 0.05) is 18.5 Å². The van der Waals surface area contributed by atoms with Crippen LogP contribution < -0.4 is 10.1 Å². The average molecular weight is 298 g/mol. The highest BCUT2D eigenvalue weighted by Crippen LogP contribution is 2.25. The Hall–Kier alpha value is -2.07. The molecule has 3 rings (SSSR count). The third-order valence-corrected chi connectivity index (χ3v) is 4.23. The molecule has 0 radical (unpaired) electrons. The van der Waals surface area contributed by atoms with Crippen LogP contribution in [0.15, 0.2) is 42.5 Å². The van der Waals surface area contributed by atoms with E-state index in [1.165, 1.54) is 0 Å². The molecule has 1 unspecified atom stereocenters. The van der Waals surface area contributed by atoms with Gasteiger partial charge in [0.05, 0.1) is 0 Å². The molecular weight excluding hydrogens is 276 g/mol. The zero-order chi connectivity index (χ0) is 15.4. The number of nitrogens with one attached hydrogen (secondary N) is 1. The molecule has 4 heteroatoms. The normalized spacial score (nSPS) is 17.9. The second-order valence-corrected chi connectivity index (χ2v) is 5.82. The lowest BCUT2D eigenvalue weighted by Gasteiger charge is -2.17. The molecule has 1 atom stereocenters. The van der Waals surface area contributed by atoms with Gasteiger partial charge in [-0.05, 0) is 37.4 Å². The van der Waals surface area contributed by atoms with Gasteiger partial charge in [0.1, 0.15) is 5.75 Å². The van der Waals surface area contributed by atoms with E-state index >= 15 is 0 Å². The average Bonchev–Trinajstić information content (AvgIpc) is 3.02. The number of fused-ring (bicyclic) bond motifs is 1. The van der Waals surface area contributed by atoms with E-state index in [2.05, 4.69) is 5.32 Å². The number of hydrogen-bond donors (Lipinski definition) is 1. The van der Waals surface area contributed by atoms with E-state index in [9.17, 15) is 4.79 Å². The third-order valence-electron chi connectivity index (χ3n) is 4.23. The first-order valence-corrected chi connectivity index (χ1v) is 7.81. The molecule has 1 heterocycles. The zero-order valence-electron chi connectivity index (χ0n) is 12.9. The van der Waals surface area contributed by atoms with Crippen LogP contribution in [0.2, 0.25) is 0 Å². The van der Waals surface area contributed by atoms with Crippen molar-refractivity contribution in [3.63, 3.8) is 0 Å². The fraction of sp³-hybridized carbons (Fsp3) is 0.389. The van der Waals surface area contributed by atoms with E-state index in [0.717, 1.165) is 42.6 Å². The largest absolute Gasteiger partial charge is 0.483 e. The van der Waals surface area contributed by atoms with Gasteiger partial charge in [-0.2, -0.15) is 0 Å². The van der Waals surface area contributed by atoms with Crippen LogP contribution in [0.5, 0.6) is 5.75 Å². The van der Waals surface area contributed by atoms with E-state index in [4.69, 9.17) is 4.74 Å². The van der Waals surface area contributed by atoms with Crippen molar-refractivity contribution in [1.82, 2.24) is 10.2 Å². The fourth-order valence-electron chi connectivity index (χ4n) is 3.07. The minimum Gasteiger partial charge on any atom is -0.483 e. The molecule has 1 saturated heterocycles. The van der Waals surface area contributed by atoms with Crippen molar-refractivity contribution in [2.45, 2.75) is 6.42 Å². The molecule has 4 nitrogen and oxygen atoms in total. The van der Waals surface area contributed by atoms with Gasteiger partial charge in [-0.1, -0.05) is 36.4 Å². The first kappa shape index (κ1) is 14.9. The van der Waals surface area contributed by atoms with Gasteiger partial charge in [-0.15, -0.1) is 0 Å². The van der Waals surface area contributed by atoms with Crippen LogP contribution in [-0.2, 0) is 4.79 Å². The number of carbonyl (C=O) groups is 1. The van der Waals surface area contributed by atoms with Crippen molar-refractivity contribution in [1.29, 1.82) is 0 Å². The number of ether oxygens (including phenoxy) is 1. The molecule has 0 aromatic heterocycles. The molecule has 0 spiro atoms. The molecule has 0 aliphatic carbocycles. The summed E-state index contributed by atoms with van der Waals surface area (Å²) in [5.74, 6) is 1.41. The van der Waals surface area contributed by atoms with Crippen LogP contribution in [0.25, 0.3) is 10.8 Å². The highest BCUT2D eigenvalue weighted by molar-refractivity contribution is 5.88. The molecule has 0 bridgehead atoms. The van der Waals surface area contributed by atoms with Gasteiger partial charge in [0.25, 0.3) is 5.91 Å². The molecule has 0 saturated carbocycles. The summed E-state index contributed by atoms with van der Waals surface area (Å²) >= 11 is 0. The summed E-state index contributed by atoms with van der Waals surface area (Å²) < 4.78 is 5.78. The standard InChI is InChI=1S/C18H22N2O2/c1-19-11-14-9-10-20(12-14)18(21)13-22-17-8-4-6-15-5-2-3-7-16(15)17/h2-8,14,19H,9-13H2,1H3. The highest BCUT2D eigenvalue weighted by Gasteiger charge is 2.25. The van der Waals surface area contributed by atoms with E-state index in [1.54, 1.807) is 0 Å². The lowest BCUT2D eigenvalue weighted by atomic mass is 10.1. The first-order valence-electron chi connectivity index (χ1n) is 7.81. The van der Waals surface area contributed by atoms with Gasteiger partial charge in [-0.25, -0.2) is 0 Å². The summed E-state index contributed by atoms with van der Waals surface area (Å²) in [4.78, 5) is 14.2. The molecule has 22 heavy (non-hydrogen) atoms. The summed E-state index contributed by atoms with van der Waals surface area (Å²) in [7, 11) is 1.95. The maximum atomic E-state index is 12.3. The van der Waals surface area contributed by atoms with E-state index < -0.39 is 0 Å². The highest BCUT2D eigenvalue weighted by atomic mass is 16.5. The van der Waals surface area contributed by atoms with Crippen LogP contribution in [0.1, 0.15) is 6.42 Å². The zero-order valence-corrected chi connectivity index (χ0v) is 12.9. The number of rotatable bonds is 5. The topological polar surface area (TPSA) is 41.6 Å². The van der Waals surface area contributed by atoms with Gasteiger partial charge in [0.15, 0.2) is 6.61 Å². The number of benzene rings is 2. The minimum absolute atomic E-state index is 0.0755. The van der Waals surface area contributed by atoms with Crippen molar-refractivity contribution >= 4 is 16.7 Å². The predicted octanol–water partition coefficient (Wildman–Crippen LogP) is 2.29.